The average Bonchev–Trinajstić information content (AvgIpc) is 3.43. The summed E-state index contributed by atoms with van der Waals surface area (Å²) in [5, 5.41) is 5.25. The van der Waals surface area contributed by atoms with Crippen molar-refractivity contribution in [2.24, 2.45) is 29.2 Å². The number of carbonyl (C=O) groups excluding carboxylic acids is 2. The standard InChI is InChI=1S/C41H51ClN6O6S/c1-26-7-5-9-36(53-4)32-13-10-29(32)19-48-24-41(16-6-8-27-17-30(42)12-14-34(27)41)25-54-37-15-11-28(18-35(37)48)39(49)44-55(51,23-26)45-40(50)33-22-46(2)43-38(33)47-20-31(21-47)52-3/h5,9,11-12,14-15,17-18,22,26,29,31-32,36H,6-8,10,13,16,19-21,23-25H2,1-4H3,(H,44,45,49,50,51)/b9-5+/t26-,29-,32+,36-,41-,55?/m0/s1. The van der Waals surface area contributed by atoms with Crippen molar-refractivity contribution < 1.29 is 28.0 Å². The Morgan fingerprint density at radius 2 is 1.93 bits per heavy atom. The second-order valence-electron chi connectivity index (χ2n) is 16.2. The smallest absolute Gasteiger partial charge is 0.286 e. The molecule has 2 amide bonds. The third-order valence-electron chi connectivity index (χ3n) is 12.3. The molecule has 5 aliphatic rings. The minimum absolute atomic E-state index is 0.0182. The maximum absolute atomic E-state index is 14.8. The van der Waals surface area contributed by atoms with Crippen molar-refractivity contribution in [2.45, 2.75) is 63.1 Å². The Hall–Kier alpha value is -3.91. The fourth-order valence-corrected chi connectivity index (χ4v) is 11.3. The topological polar surface area (TPSA) is 128 Å². The number of hydrogen-bond acceptors (Lipinski definition) is 9. The van der Waals surface area contributed by atoms with Gasteiger partial charge in [-0.3, -0.25) is 19.0 Å². The summed E-state index contributed by atoms with van der Waals surface area (Å²) in [6, 6.07) is 11.6. The van der Waals surface area contributed by atoms with Crippen LogP contribution in [-0.4, -0.2) is 90.8 Å². The first-order chi connectivity index (χ1) is 26.5. The van der Waals surface area contributed by atoms with E-state index in [1.54, 1.807) is 38.2 Å². The molecule has 12 nitrogen and oxygen atoms in total. The van der Waals surface area contributed by atoms with Gasteiger partial charge >= 0.3 is 0 Å². The molecule has 1 saturated heterocycles. The molecule has 4 heterocycles. The van der Waals surface area contributed by atoms with Gasteiger partial charge in [0.15, 0.2) is 5.82 Å². The molecule has 2 fully saturated rings. The van der Waals surface area contributed by atoms with E-state index in [1.165, 1.54) is 11.1 Å². The summed E-state index contributed by atoms with van der Waals surface area (Å²) < 4.78 is 41.6. The van der Waals surface area contributed by atoms with Crippen molar-refractivity contribution in [1.82, 2.24) is 14.5 Å². The second kappa shape index (κ2) is 15.2. The minimum Gasteiger partial charge on any atom is -0.490 e. The minimum atomic E-state index is -3.60. The van der Waals surface area contributed by atoms with Crippen molar-refractivity contribution in [2.75, 3.05) is 62.6 Å². The maximum atomic E-state index is 14.8. The highest BCUT2D eigenvalue weighted by molar-refractivity contribution is 7.92. The van der Waals surface area contributed by atoms with Gasteiger partial charge in [0, 0.05) is 69.6 Å². The highest BCUT2D eigenvalue weighted by atomic mass is 35.5. The molecule has 1 unspecified atom stereocenters. The number of halogens is 1. The van der Waals surface area contributed by atoms with Gasteiger partial charge < -0.3 is 24.0 Å². The highest BCUT2D eigenvalue weighted by Crippen LogP contribution is 2.47. The molecule has 1 aromatic heterocycles. The number of hydrogen-bond donors (Lipinski definition) is 1. The fraction of sp³-hybridized carbons (Fsp3) is 0.537. The van der Waals surface area contributed by atoms with E-state index in [-0.39, 0.29) is 40.4 Å². The van der Waals surface area contributed by atoms with E-state index in [0.717, 1.165) is 49.4 Å². The number of aromatic nitrogens is 2. The van der Waals surface area contributed by atoms with Crippen LogP contribution < -0.4 is 19.3 Å². The summed E-state index contributed by atoms with van der Waals surface area (Å²) in [6.07, 6.45) is 11.5. The highest BCUT2D eigenvalue weighted by Gasteiger charge is 2.44. The SMILES string of the molecule is COC1CN(c2nn(C)cc2C(=O)NS2(=O)=NC(=O)c3ccc4c(c3)N(C[C@@H]3CC[C@H]3[C@@H](OC)/C=C/C[C@H](C)C2)C[C@@]2(CCCc3cc(Cl)ccc32)CO4)C1. The number of methoxy groups -OCH3 is 2. The van der Waals surface area contributed by atoms with Crippen LogP contribution in [0.25, 0.3) is 0 Å². The van der Waals surface area contributed by atoms with E-state index in [0.29, 0.717) is 56.1 Å². The average molecular weight is 791 g/mol. The molecule has 2 bridgehead atoms. The zero-order valence-electron chi connectivity index (χ0n) is 32.0. The number of aryl methyl sites for hydroxylation is 2. The van der Waals surface area contributed by atoms with Gasteiger partial charge in [-0.15, -0.1) is 4.36 Å². The molecule has 6 atom stereocenters. The summed E-state index contributed by atoms with van der Waals surface area (Å²) in [5.74, 6) is 0.431. The van der Waals surface area contributed by atoms with Gasteiger partial charge in [-0.2, -0.15) is 5.10 Å². The van der Waals surface area contributed by atoms with E-state index in [4.69, 9.17) is 25.8 Å². The van der Waals surface area contributed by atoms with Gasteiger partial charge in [-0.05, 0) is 97.7 Å². The number of allylic oxidation sites excluding steroid dienone is 1. The van der Waals surface area contributed by atoms with Crippen molar-refractivity contribution in [1.29, 1.82) is 0 Å². The third-order valence-corrected chi connectivity index (χ3v) is 14.5. The summed E-state index contributed by atoms with van der Waals surface area (Å²) >= 11 is 6.48. The number of nitrogens with one attached hydrogen (secondary N) is 1. The van der Waals surface area contributed by atoms with Crippen LogP contribution >= 0.6 is 11.6 Å². The van der Waals surface area contributed by atoms with Crippen LogP contribution in [0.5, 0.6) is 5.75 Å². The van der Waals surface area contributed by atoms with Crippen LogP contribution in [0, 0.1) is 17.8 Å². The molecule has 2 aromatic carbocycles. The number of nitrogens with zero attached hydrogens (tertiary/aromatic N) is 5. The monoisotopic (exact) mass is 790 g/mol. The maximum Gasteiger partial charge on any atom is 0.286 e. The summed E-state index contributed by atoms with van der Waals surface area (Å²) in [4.78, 5) is 32.5. The Morgan fingerprint density at radius 3 is 2.69 bits per heavy atom. The molecular weight excluding hydrogens is 740 g/mol. The Balaban J connectivity index is 1.17. The Morgan fingerprint density at radius 1 is 1.09 bits per heavy atom. The number of fused-ring (bicyclic) bond motifs is 4. The Labute approximate surface area is 328 Å². The number of benzene rings is 2. The summed E-state index contributed by atoms with van der Waals surface area (Å²) in [5.41, 5.74) is 3.62. The number of amides is 2. The first kappa shape index (κ1) is 38.0. The predicted octanol–water partition coefficient (Wildman–Crippen LogP) is 5.97. The summed E-state index contributed by atoms with van der Waals surface area (Å²) in [6.45, 7) is 5.10. The molecule has 14 heteroatoms. The van der Waals surface area contributed by atoms with E-state index in [9.17, 15) is 13.8 Å². The lowest BCUT2D eigenvalue weighted by Crippen LogP contribution is -2.52. The lowest BCUT2D eigenvalue weighted by atomic mass is 9.68. The van der Waals surface area contributed by atoms with Crippen LogP contribution in [0.2, 0.25) is 5.02 Å². The van der Waals surface area contributed by atoms with Crippen molar-refractivity contribution in [3.8, 4) is 5.75 Å². The molecular formula is C41H51ClN6O6S. The molecule has 1 spiro atoms. The van der Waals surface area contributed by atoms with Gasteiger partial charge in [-0.1, -0.05) is 36.7 Å². The molecule has 0 radical (unpaired) electrons. The van der Waals surface area contributed by atoms with Crippen LogP contribution in [0.4, 0.5) is 11.5 Å². The molecule has 55 heavy (non-hydrogen) atoms. The lowest BCUT2D eigenvalue weighted by molar-refractivity contribution is 0.0131. The molecule has 1 saturated carbocycles. The van der Waals surface area contributed by atoms with Crippen molar-refractivity contribution >= 4 is 44.8 Å². The third kappa shape index (κ3) is 7.52. The normalized spacial score (nSPS) is 30.2. The van der Waals surface area contributed by atoms with Gasteiger partial charge in [0.05, 0.1) is 30.3 Å². The molecule has 2 aliphatic carbocycles. The number of rotatable bonds is 5. The quantitative estimate of drug-likeness (QED) is 0.311. The van der Waals surface area contributed by atoms with E-state index < -0.39 is 21.7 Å². The zero-order valence-corrected chi connectivity index (χ0v) is 33.6. The van der Waals surface area contributed by atoms with Crippen LogP contribution in [0.15, 0.2) is 59.1 Å². The molecule has 3 aromatic rings. The Kier molecular flexibility index (Phi) is 10.5. The predicted molar refractivity (Wildman–Crippen MR) is 214 cm³/mol. The van der Waals surface area contributed by atoms with E-state index in [2.05, 4.69) is 43.4 Å². The fourth-order valence-electron chi connectivity index (χ4n) is 9.20. The van der Waals surface area contributed by atoms with E-state index in [1.807, 2.05) is 30.0 Å². The number of ether oxygens (including phenoxy) is 3. The van der Waals surface area contributed by atoms with Gasteiger partial charge in [0.25, 0.3) is 11.8 Å². The van der Waals surface area contributed by atoms with Gasteiger partial charge in [0.1, 0.15) is 21.2 Å². The van der Waals surface area contributed by atoms with Gasteiger partial charge in [-0.25, -0.2) is 4.21 Å². The van der Waals surface area contributed by atoms with Crippen LogP contribution in [-0.2, 0) is 38.3 Å². The van der Waals surface area contributed by atoms with Crippen LogP contribution in [0.1, 0.15) is 70.9 Å². The zero-order chi connectivity index (χ0) is 38.5. The molecule has 3 aliphatic heterocycles. The summed E-state index contributed by atoms with van der Waals surface area (Å²) in [7, 11) is 1.55. The van der Waals surface area contributed by atoms with Crippen molar-refractivity contribution in [3.63, 3.8) is 0 Å². The first-order valence-corrected chi connectivity index (χ1v) is 21.5. The van der Waals surface area contributed by atoms with Gasteiger partial charge in [0.2, 0.25) is 0 Å². The van der Waals surface area contributed by atoms with Crippen LogP contribution in [0.3, 0.4) is 0 Å². The Bertz CT molecular complexity index is 2120. The van der Waals surface area contributed by atoms with Crippen molar-refractivity contribution in [3.05, 3.63) is 82.0 Å². The first-order valence-electron chi connectivity index (χ1n) is 19.4. The largest absolute Gasteiger partial charge is 0.490 e. The lowest BCUT2D eigenvalue weighted by Gasteiger charge is -2.46. The molecule has 8 rings (SSSR count). The molecule has 1 N–H and O–H groups in total. The molecule has 294 valence electrons. The van der Waals surface area contributed by atoms with E-state index >= 15 is 0 Å². The number of carbonyl (C=O) groups is 2. The number of anilines is 2. The second-order valence-corrected chi connectivity index (χ2v) is 18.6.